The molecule has 1 amide bonds. The maximum absolute atomic E-state index is 14.1. The lowest BCUT2D eigenvalue weighted by atomic mass is 9.82. The van der Waals surface area contributed by atoms with Gasteiger partial charge < -0.3 is 10.0 Å². The van der Waals surface area contributed by atoms with Gasteiger partial charge in [-0.25, -0.2) is 24.9 Å². The molecule has 49 heavy (non-hydrogen) atoms. The van der Waals surface area contributed by atoms with Crippen LogP contribution in [0.5, 0.6) is 0 Å². The van der Waals surface area contributed by atoms with E-state index in [-0.39, 0.29) is 23.3 Å². The molecule has 0 unspecified atom stereocenters. The number of β-amino-alcohol motifs (C(OH)–C–C–N with tert-alkyl or cyclic N) is 1. The SMILES string of the molecule is CCc1ncc(-c2ccc(N(C(=O)C[C@H](C)c3ccccc3)C3CCC(Cc4ncc(C(C)(C)C)c(N5CC(C)(O)C5)n4)CC3)nc2)cn1. The number of hydrogen-bond donors (Lipinski definition) is 1. The Kier molecular flexibility index (Phi) is 10.1. The van der Waals surface area contributed by atoms with Gasteiger partial charge in [0.2, 0.25) is 5.91 Å². The lowest BCUT2D eigenvalue weighted by Gasteiger charge is -2.46. The quantitative estimate of drug-likeness (QED) is 0.192. The van der Waals surface area contributed by atoms with Crippen molar-refractivity contribution in [3.05, 3.63) is 90.0 Å². The molecule has 1 aliphatic heterocycles. The number of amides is 1. The van der Waals surface area contributed by atoms with Gasteiger partial charge in [0.1, 0.15) is 23.3 Å². The third-order valence-electron chi connectivity index (χ3n) is 10.1. The molecule has 1 saturated carbocycles. The van der Waals surface area contributed by atoms with Crippen molar-refractivity contribution in [2.24, 2.45) is 5.92 Å². The van der Waals surface area contributed by atoms with Crippen molar-refractivity contribution in [1.29, 1.82) is 0 Å². The van der Waals surface area contributed by atoms with Crippen LogP contribution in [0.1, 0.15) is 102 Å². The van der Waals surface area contributed by atoms with E-state index >= 15 is 0 Å². The molecule has 2 aliphatic rings. The Morgan fingerprint density at radius 2 is 1.57 bits per heavy atom. The Bertz CT molecular complexity index is 1700. The molecule has 0 spiro atoms. The number of hydrogen-bond acceptors (Lipinski definition) is 8. The van der Waals surface area contributed by atoms with Gasteiger partial charge >= 0.3 is 0 Å². The van der Waals surface area contributed by atoms with Gasteiger partial charge in [-0.3, -0.25) is 9.69 Å². The number of pyridine rings is 1. The summed E-state index contributed by atoms with van der Waals surface area (Å²) < 4.78 is 0. The third-order valence-corrected chi connectivity index (χ3v) is 10.1. The van der Waals surface area contributed by atoms with Crippen molar-refractivity contribution in [2.45, 2.75) is 109 Å². The van der Waals surface area contributed by atoms with Crippen LogP contribution >= 0.6 is 0 Å². The molecule has 1 N–H and O–H groups in total. The Morgan fingerprint density at radius 1 is 0.918 bits per heavy atom. The molecule has 1 atom stereocenters. The van der Waals surface area contributed by atoms with E-state index in [0.717, 1.165) is 78.2 Å². The molecule has 0 bridgehead atoms. The number of aryl methyl sites for hydroxylation is 1. The zero-order valence-corrected chi connectivity index (χ0v) is 29.9. The fourth-order valence-corrected chi connectivity index (χ4v) is 7.23. The van der Waals surface area contributed by atoms with Gasteiger partial charge in [-0.1, -0.05) is 65.0 Å². The van der Waals surface area contributed by atoms with Gasteiger partial charge in [-0.15, -0.1) is 0 Å². The lowest BCUT2D eigenvalue weighted by Crippen LogP contribution is -2.60. The second-order valence-corrected chi connectivity index (χ2v) is 15.4. The van der Waals surface area contributed by atoms with E-state index < -0.39 is 5.60 Å². The van der Waals surface area contributed by atoms with Gasteiger partial charge in [0.05, 0.1) is 5.60 Å². The summed E-state index contributed by atoms with van der Waals surface area (Å²) in [6, 6.07) is 14.3. The summed E-state index contributed by atoms with van der Waals surface area (Å²) in [5.74, 6) is 3.95. The van der Waals surface area contributed by atoms with Crippen LogP contribution in [0.15, 0.2) is 67.3 Å². The normalized spacial score (nSPS) is 19.6. The number of aliphatic hydroxyl groups is 1. The summed E-state index contributed by atoms with van der Waals surface area (Å²) in [5, 5.41) is 10.4. The van der Waals surface area contributed by atoms with Crippen LogP contribution in [0, 0.1) is 5.92 Å². The van der Waals surface area contributed by atoms with Crippen LogP contribution < -0.4 is 9.80 Å². The summed E-state index contributed by atoms with van der Waals surface area (Å²) in [7, 11) is 0. The average Bonchev–Trinajstić information content (AvgIpc) is 3.08. The molecule has 6 rings (SSSR count). The van der Waals surface area contributed by atoms with Gasteiger partial charge in [0, 0.05) is 79.9 Å². The van der Waals surface area contributed by atoms with Gasteiger partial charge in [-0.2, -0.15) is 0 Å². The maximum atomic E-state index is 14.1. The Hall–Kier alpha value is -4.24. The van der Waals surface area contributed by atoms with E-state index in [0.29, 0.717) is 31.2 Å². The Labute approximate surface area is 291 Å². The first-order valence-electron chi connectivity index (χ1n) is 17.9. The van der Waals surface area contributed by atoms with Gasteiger partial charge in [0.15, 0.2) is 0 Å². The zero-order chi connectivity index (χ0) is 34.8. The Morgan fingerprint density at radius 3 is 2.16 bits per heavy atom. The first-order valence-corrected chi connectivity index (χ1v) is 17.9. The number of aromatic nitrogens is 5. The van der Waals surface area contributed by atoms with E-state index in [4.69, 9.17) is 15.0 Å². The van der Waals surface area contributed by atoms with Crippen molar-refractivity contribution < 1.29 is 9.90 Å². The van der Waals surface area contributed by atoms with Gasteiger partial charge in [-0.05, 0) is 67.6 Å². The van der Waals surface area contributed by atoms with Crippen molar-refractivity contribution in [3.63, 3.8) is 0 Å². The predicted molar refractivity (Wildman–Crippen MR) is 195 cm³/mol. The second-order valence-electron chi connectivity index (χ2n) is 15.4. The minimum absolute atomic E-state index is 0.0697. The Balaban J connectivity index is 1.18. The molecule has 9 heteroatoms. The molecule has 0 radical (unpaired) electrons. The molecule has 1 aliphatic carbocycles. The number of carbonyl (C=O) groups is 1. The predicted octanol–water partition coefficient (Wildman–Crippen LogP) is 7.09. The maximum Gasteiger partial charge on any atom is 0.229 e. The summed E-state index contributed by atoms with van der Waals surface area (Å²) in [6.45, 7) is 13.8. The minimum atomic E-state index is -0.676. The molecule has 4 heterocycles. The van der Waals surface area contributed by atoms with Crippen molar-refractivity contribution in [1.82, 2.24) is 24.9 Å². The largest absolute Gasteiger partial charge is 0.386 e. The topological polar surface area (TPSA) is 108 Å². The molecule has 2 fully saturated rings. The minimum Gasteiger partial charge on any atom is -0.386 e. The molecule has 4 aromatic rings. The number of carbonyl (C=O) groups excluding carboxylic acids is 1. The second kappa shape index (κ2) is 14.3. The van der Waals surface area contributed by atoms with Crippen LogP contribution in [-0.4, -0.2) is 60.7 Å². The number of anilines is 2. The molecule has 3 aromatic heterocycles. The first kappa shape index (κ1) is 34.6. The molecule has 9 nitrogen and oxygen atoms in total. The fourth-order valence-electron chi connectivity index (χ4n) is 7.23. The smallest absolute Gasteiger partial charge is 0.229 e. The molecular weight excluding hydrogens is 610 g/mol. The molecule has 258 valence electrons. The zero-order valence-electron chi connectivity index (χ0n) is 29.9. The van der Waals surface area contributed by atoms with Crippen LogP contribution in [0.4, 0.5) is 11.6 Å². The highest BCUT2D eigenvalue weighted by molar-refractivity contribution is 5.93. The summed E-state index contributed by atoms with van der Waals surface area (Å²) in [6.07, 6.45) is 13.3. The van der Waals surface area contributed by atoms with Crippen LogP contribution in [0.25, 0.3) is 11.1 Å². The monoisotopic (exact) mass is 661 g/mol. The van der Waals surface area contributed by atoms with E-state index in [1.807, 2.05) is 73.9 Å². The number of rotatable bonds is 10. The van der Waals surface area contributed by atoms with E-state index in [1.54, 1.807) is 0 Å². The highest BCUT2D eigenvalue weighted by Gasteiger charge is 2.40. The van der Waals surface area contributed by atoms with Gasteiger partial charge in [0.25, 0.3) is 0 Å². The average molecular weight is 662 g/mol. The third kappa shape index (κ3) is 8.15. The number of nitrogens with zero attached hydrogens (tertiary/aromatic N) is 7. The van der Waals surface area contributed by atoms with E-state index in [2.05, 4.69) is 54.7 Å². The van der Waals surface area contributed by atoms with E-state index in [9.17, 15) is 9.90 Å². The first-order chi connectivity index (χ1) is 23.4. The highest BCUT2D eigenvalue weighted by Crippen LogP contribution is 2.37. The van der Waals surface area contributed by atoms with Crippen LogP contribution in [0.3, 0.4) is 0 Å². The summed E-state index contributed by atoms with van der Waals surface area (Å²) in [5.41, 5.74) is 3.34. The molecular formula is C40H51N7O2. The van der Waals surface area contributed by atoms with Crippen molar-refractivity contribution in [2.75, 3.05) is 22.9 Å². The molecule has 1 saturated heterocycles. The summed E-state index contributed by atoms with van der Waals surface area (Å²) in [4.78, 5) is 41.9. The highest BCUT2D eigenvalue weighted by atomic mass is 16.3. The molecule has 1 aromatic carbocycles. The van der Waals surface area contributed by atoms with Crippen molar-refractivity contribution >= 4 is 17.5 Å². The lowest BCUT2D eigenvalue weighted by molar-refractivity contribution is -0.119. The van der Waals surface area contributed by atoms with Crippen LogP contribution in [-0.2, 0) is 23.1 Å². The number of benzene rings is 1. The standard InChI is InChI=1S/C40H51N7O2/c1-7-34-41-22-31(23-42-34)30-15-18-36(44-21-30)47(37(48)19-27(2)29-11-9-8-10-12-29)32-16-13-28(14-17-32)20-35-43-24-33(39(3,4)5)38(45-35)46-25-40(6,49)26-46/h8-12,15,18,21-24,27-28,32,49H,7,13-14,16-17,19-20,25-26H2,1-6H3/t27-,28?,32?/m0/s1. The van der Waals surface area contributed by atoms with Crippen LogP contribution in [0.2, 0.25) is 0 Å². The van der Waals surface area contributed by atoms with Crippen molar-refractivity contribution in [3.8, 4) is 11.1 Å². The van der Waals surface area contributed by atoms with E-state index in [1.165, 1.54) is 0 Å². The summed E-state index contributed by atoms with van der Waals surface area (Å²) >= 11 is 0. The fraction of sp³-hybridized carbons (Fsp3) is 0.500.